The molecule has 0 aliphatic heterocycles. The molecule has 1 unspecified atom stereocenters. The maximum atomic E-state index is 9.07. The van der Waals surface area contributed by atoms with Crippen LogP contribution in [0.1, 0.15) is 36.9 Å². The summed E-state index contributed by atoms with van der Waals surface area (Å²) in [6.45, 7) is 2.26. The van der Waals surface area contributed by atoms with Crippen molar-refractivity contribution in [1.82, 2.24) is 0 Å². The number of aliphatic hydroxyl groups excluding tert-OH is 1. The van der Waals surface area contributed by atoms with Crippen LogP contribution in [0.25, 0.3) is 0 Å². The van der Waals surface area contributed by atoms with E-state index in [-0.39, 0.29) is 12.6 Å². The number of rotatable bonds is 6. The summed E-state index contributed by atoms with van der Waals surface area (Å²) in [5.74, 6) is 0. The van der Waals surface area contributed by atoms with Gasteiger partial charge in [-0.25, -0.2) is 0 Å². The minimum Gasteiger partial charge on any atom is -0.392 e. The predicted octanol–water partition coefficient (Wildman–Crippen LogP) is 4.79. The van der Waals surface area contributed by atoms with Crippen molar-refractivity contribution in [1.29, 1.82) is 0 Å². The van der Waals surface area contributed by atoms with Crippen molar-refractivity contribution in [3.63, 3.8) is 0 Å². The lowest BCUT2D eigenvalue weighted by atomic mass is 10.0. The van der Waals surface area contributed by atoms with Gasteiger partial charge in [0.2, 0.25) is 0 Å². The monoisotopic (exact) mass is 289 g/mol. The molecule has 106 valence electrons. The van der Waals surface area contributed by atoms with Crippen LogP contribution in [0.5, 0.6) is 0 Å². The first kappa shape index (κ1) is 14.9. The second kappa shape index (κ2) is 7.32. The number of aliphatic hydroxyl groups is 1. The Morgan fingerprint density at radius 3 is 2.25 bits per heavy atom. The molecule has 2 nitrogen and oxygen atoms in total. The number of benzene rings is 2. The van der Waals surface area contributed by atoms with Gasteiger partial charge in [-0.15, -0.1) is 0 Å². The van der Waals surface area contributed by atoms with Gasteiger partial charge in [-0.05, 0) is 41.8 Å². The standard InChI is InChI=1S/C17H20ClNO/c1-2-3-17(14-6-8-15(18)9-7-14)19-16-10-4-13(12-20)5-11-16/h4-11,17,19-20H,2-3,12H2,1H3. The van der Waals surface area contributed by atoms with Crippen LogP contribution in [-0.2, 0) is 6.61 Å². The van der Waals surface area contributed by atoms with Gasteiger partial charge in [0.05, 0.1) is 12.6 Å². The van der Waals surface area contributed by atoms with Crippen LogP contribution in [0, 0.1) is 0 Å². The number of anilines is 1. The second-order valence-corrected chi connectivity index (χ2v) is 5.33. The molecule has 2 aromatic carbocycles. The lowest BCUT2D eigenvalue weighted by molar-refractivity contribution is 0.282. The minimum absolute atomic E-state index is 0.0792. The highest BCUT2D eigenvalue weighted by Gasteiger charge is 2.10. The molecule has 0 amide bonds. The Hall–Kier alpha value is -1.51. The van der Waals surface area contributed by atoms with Crippen molar-refractivity contribution in [2.75, 3.05) is 5.32 Å². The van der Waals surface area contributed by atoms with Gasteiger partial charge in [0, 0.05) is 10.7 Å². The van der Waals surface area contributed by atoms with E-state index in [9.17, 15) is 0 Å². The highest BCUT2D eigenvalue weighted by molar-refractivity contribution is 6.30. The average molecular weight is 290 g/mol. The minimum atomic E-state index is 0.0792. The molecule has 0 saturated heterocycles. The summed E-state index contributed by atoms with van der Waals surface area (Å²) < 4.78 is 0. The molecule has 0 radical (unpaired) electrons. The molecule has 2 rings (SSSR count). The maximum absolute atomic E-state index is 9.07. The van der Waals surface area contributed by atoms with E-state index in [2.05, 4.69) is 24.4 Å². The number of hydrogen-bond donors (Lipinski definition) is 2. The molecular formula is C17H20ClNO. The Morgan fingerprint density at radius 2 is 1.70 bits per heavy atom. The van der Waals surface area contributed by atoms with Crippen LogP contribution in [-0.4, -0.2) is 5.11 Å². The maximum Gasteiger partial charge on any atom is 0.0681 e. The lowest BCUT2D eigenvalue weighted by Crippen LogP contribution is -2.10. The largest absolute Gasteiger partial charge is 0.392 e. The van der Waals surface area contributed by atoms with Crippen molar-refractivity contribution in [2.24, 2.45) is 0 Å². The van der Waals surface area contributed by atoms with E-state index in [1.807, 2.05) is 36.4 Å². The Balaban J connectivity index is 2.13. The molecule has 0 spiro atoms. The molecule has 3 heteroatoms. The zero-order valence-corrected chi connectivity index (χ0v) is 12.4. The van der Waals surface area contributed by atoms with Crippen LogP contribution in [0.15, 0.2) is 48.5 Å². The molecule has 0 bridgehead atoms. The van der Waals surface area contributed by atoms with E-state index in [1.54, 1.807) is 0 Å². The summed E-state index contributed by atoms with van der Waals surface area (Å²) in [5, 5.41) is 13.4. The van der Waals surface area contributed by atoms with E-state index >= 15 is 0 Å². The van der Waals surface area contributed by atoms with Gasteiger partial charge >= 0.3 is 0 Å². The molecule has 0 aliphatic rings. The van der Waals surface area contributed by atoms with E-state index < -0.39 is 0 Å². The molecule has 2 aromatic rings. The van der Waals surface area contributed by atoms with E-state index in [0.717, 1.165) is 29.1 Å². The third-order valence-electron chi connectivity index (χ3n) is 3.33. The molecule has 1 atom stereocenters. The fourth-order valence-electron chi connectivity index (χ4n) is 2.21. The molecule has 2 N–H and O–H groups in total. The molecule has 0 aliphatic carbocycles. The Kier molecular flexibility index (Phi) is 5.45. The van der Waals surface area contributed by atoms with Gasteiger partial charge < -0.3 is 10.4 Å². The number of nitrogens with one attached hydrogen (secondary N) is 1. The van der Waals surface area contributed by atoms with Crippen LogP contribution in [0.2, 0.25) is 5.02 Å². The van der Waals surface area contributed by atoms with Gasteiger partial charge in [0.1, 0.15) is 0 Å². The lowest BCUT2D eigenvalue weighted by Gasteiger charge is -2.20. The van der Waals surface area contributed by atoms with Crippen LogP contribution < -0.4 is 5.32 Å². The third-order valence-corrected chi connectivity index (χ3v) is 3.58. The molecular weight excluding hydrogens is 270 g/mol. The predicted molar refractivity (Wildman–Crippen MR) is 85.1 cm³/mol. The van der Waals surface area contributed by atoms with Crippen molar-refractivity contribution >= 4 is 17.3 Å². The van der Waals surface area contributed by atoms with Gasteiger partial charge in [0.25, 0.3) is 0 Å². The van der Waals surface area contributed by atoms with Gasteiger partial charge in [0.15, 0.2) is 0 Å². The average Bonchev–Trinajstić information content (AvgIpc) is 2.48. The Morgan fingerprint density at radius 1 is 1.05 bits per heavy atom. The number of halogens is 1. The van der Waals surface area contributed by atoms with Crippen molar-refractivity contribution < 1.29 is 5.11 Å². The van der Waals surface area contributed by atoms with Crippen molar-refractivity contribution in [2.45, 2.75) is 32.4 Å². The van der Waals surface area contributed by atoms with E-state index in [1.165, 1.54) is 5.56 Å². The number of hydrogen-bond acceptors (Lipinski definition) is 2. The first-order chi connectivity index (χ1) is 9.72. The van der Waals surface area contributed by atoms with Crippen molar-refractivity contribution in [3.05, 3.63) is 64.7 Å². The van der Waals surface area contributed by atoms with Crippen molar-refractivity contribution in [3.8, 4) is 0 Å². The fourth-order valence-corrected chi connectivity index (χ4v) is 2.34. The molecule has 0 saturated carbocycles. The fraction of sp³-hybridized carbons (Fsp3) is 0.294. The summed E-state index contributed by atoms with van der Waals surface area (Å²) in [6, 6.07) is 16.1. The summed E-state index contributed by atoms with van der Waals surface area (Å²) in [4.78, 5) is 0. The summed E-state index contributed by atoms with van der Waals surface area (Å²) >= 11 is 5.94. The third kappa shape index (κ3) is 3.99. The van der Waals surface area contributed by atoms with Crippen LogP contribution in [0.3, 0.4) is 0 Å². The Labute approximate surface area is 125 Å². The smallest absolute Gasteiger partial charge is 0.0681 e. The van der Waals surface area contributed by atoms with Gasteiger partial charge in [-0.3, -0.25) is 0 Å². The summed E-state index contributed by atoms with van der Waals surface area (Å²) in [5.41, 5.74) is 3.23. The zero-order valence-electron chi connectivity index (χ0n) is 11.6. The SMILES string of the molecule is CCCC(Nc1ccc(CO)cc1)c1ccc(Cl)cc1. The van der Waals surface area contributed by atoms with Crippen LogP contribution in [0.4, 0.5) is 5.69 Å². The summed E-state index contributed by atoms with van der Waals surface area (Å²) in [6.07, 6.45) is 2.17. The molecule has 0 aromatic heterocycles. The molecule has 0 fully saturated rings. The molecule has 20 heavy (non-hydrogen) atoms. The zero-order chi connectivity index (χ0) is 14.4. The summed E-state index contributed by atoms with van der Waals surface area (Å²) in [7, 11) is 0. The topological polar surface area (TPSA) is 32.3 Å². The van der Waals surface area contributed by atoms with E-state index in [4.69, 9.17) is 16.7 Å². The van der Waals surface area contributed by atoms with Gasteiger partial charge in [-0.1, -0.05) is 49.2 Å². The first-order valence-corrected chi connectivity index (χ1v) is 7.32. The highest BCUT2D eigenvalue weighted by atomic mass is 35.5. The van der Waals surface area contributed by atoms with Gasteiger partial charge in [-0.2, -0.15) is 0 Å². The quantitative estimate of drug-likeness (QED) is 0.802. The Bertz CT molecular complexity index is 522. The van der Waals surface area contributed by atoms with Crippen LogP contribution >= 0.6 is 11.6 Å². The van der Waals surface area contributed by atoms with E-state index in [0.29, 0.717) is 0 Å². The first-order valence-electron chi connectivity index (χ1n) is 6.94. The normalized spacial score (nSPS) is 12.2. The second-order valence-electron chi connectivity index (χ2n) is 4.89. The molecule has 0 heterocycles. The highest BCUT2D eigenvalue weighted by Crippen LogP contribution is 2.25.